The number of sulfone groups is 1. The van der Waals surface area contributed by atoms with Gasteiger partial charge in [-0.15, -0.1) is 0 Å². The van der Waals surface area contributed by atoms with Crippen molar-refractivity contribution in [3.8, 4) is 0 Å². The molecule has 1 saturated carbocycles. The van der Waals surface area contributed by atoms with E-state index in [1.165, 1.54) is 31.2 Å². The Balaban J connectivity index is 2.28. The normalized spacial score (nSPS) is 22.8. The highest BCUT2D eigenvalue weighted by molar-refractivity contribution is 7.91. The standard InChI is InChI=1S/C14H22N2O4S2/c1-2-21(17,18)12-6-4-7-13(9-12)22(19,20)16-14-8-3-5-11(14)10-15/h4,6-7,9,11,14,16H,2-3,5,8,10,15H2,1H3. The fourth-order valence-corrected chi connectivity index (χ4v) is 5.13. The summed E-state index contributed by atoms with van der Waals surface area (Å²) in [6, 6.07) is 5.31. The second-order valence-corrected chi connectivity index (χ2v) is 9.52. The third-order valence-corrected chi connectivity index (χ3v) is 7.34. The van der Waals surface area contributed by atoms with E-state index in [0.717, 1.165) is 19.3 Å². The number of nitrogens with two attached hydrogens (primary N) is 1. The molecule has 0 bridgehead atoms. The summed E-state index contributed by atoms with van der Waals surface area (Å²) in [5.41, 5.74) is 5.67. The predicted molar refractivity (Wildman–Crippen MR) is 84.7 cm³/mol. The molecule has 124 valence electrons. The van der Waals surface area contributed by atoms with Crippen LogP contribution >= 0.6 is 0 Å². The van der Waals surface area contributed by atoms with Crippen LogP contribution in [0.2, 0.25) is 0 Å². The molecule has 8 heteroatoms. The summed E-state index contributed by atoms with van der Waals surface area (Å²) in [6.07, 6.45) is 2.61. The van der Waals surface area contributed by atoms with Crippen LogP contribution in [0.3, 0.4) is 0 Å². The summed E-state index contributed by atoms with van der Waals surface area (Å²) in [5, 5.41) is 0. The second kappa shape index (κ2) is 6.66. The minimum absolute atomic E-state index is 0.0234. The van der Waals surface area contributed by atoms with E-state index in [1.54, 1.807) is 0 Å². The zero-order valence-electron chi connectivity index (χ0n) is 12.5. The fourth-order valence-electron chi connectivity index (χ4n) is 2.74. The first-order chi connectivity index (χ1) is 10.3. The molecule has 1 aromatic carbocycles. The lowest BCUT2D eigenvalue weighted by Crippen LogP contribution is -2.39. The molecular weight excluding hydrogens is 324 g/mol. The van der Waals surface area contributed by atoms with Gasteiger partial charge in [0.15, 0.2) is 9.84 Å². The molecule has 0 spiro atoms. The second-order valence-electron chi connectivity index (χ2n) is 5.53. The Morgan fingerprint density at radius 3 is 2.50 bits per heavy atom. The average molecular weight is 346 g/mol. The van der Waals surface area contributed by atoms with Gasteiger partial charge in [-0.05, 0) is 43.5 Å². The van der Waals surface area contributed by atoms with E-state index in [2.05, 4.69) is 4.72 Å². The molecule has 1 aromatic rings. The van der Waals surface area contributed by atoms with Crippen molar-refractivity contribution < 1.29 is 16.8 Å². The summed E-state index contributed by atoms with van der Waals surface area (Å²) >= 11 is 0. The summed E-state index contributed by atoms with van der Waals surface area (Å²) in [6.45, 7) is 1.97. The van der Waals surface area contributed by atoms with E-state index in [0.29, 0.717) is 6.54 Å². The highest BCUT2D eigenvalue weighted by Crippen LogP contribution is 2.26. The molecule has 0 amide bonds. The van der Waals surface area contributed by atoms with Crippen molar-refractivity contribution in [2.24, 2.45) is 11.7 Å². The third-order valence-electron chi connectivity index (χ3n) is 4.12. The summed E-state index contributed by atoms with van der Waals surface area (Å²) < 4.78 is 51.4. The lowest BCUT2D eigenvalue weighted by Gasteiger charge is -2.19. The van der Waals surface area contributed by atoms with Crippen LogP contribution in [-0.4, -0.2) is 35.2 Å². The zero-order chi connectivity index (χ0) is 16.4. The van der Waals surface area contributed by atoms with Crippen molar-refractivity contribution in [3.63, 3.8) is 0 Å². The molecule has 1 aliphatic carbocycles. The van der Waals surface area contributed by atoms with Gasteiger partial charge in [-0.3, -0.25) is 0 Å². The maximum absolute atomic E-state index is 12.5. The van der Waals surface area contributed by atoms with Crippen molar-refractivity contribution in [1.29, 1.82) is 0 Å². The molecule has 1 aliphatic rings. The van der Waals surface area contributed by atoms with Crippen LogP contribution in [0, 0.1) is 5.92 Å². The topological polar surface area (TPSA) is 106 Å². The van der Waals surface area contributed by atoms with E-state index >= 15 is 0 Å². The predicted octanol–water partition coefficient (Wildman–Crippen LogP) is 0.886. The molecular formula is C14H22N2O4S2. The van der Waals surface area contributed by atoms with Gasteiger partial charge in [0, 0.05) is 6.04 Å². The van der Waals surface area contributed by atoms with Gasteiger partial charge in [-0.1, -0.05) is 19.4 Å². The average Bonchev–Trinajstić information content (AvgIpc) is 2.94. The van der Waals surface area contributed by atoms with Crippen LogP contribution < -0.4 is 10.5 Å². The molecule has 1 fully saturated rings. The first kappa shape index (κ1) is 17.4. The molecule has 2 rings (SSSR count). The molecule has 22 heavy (non-hydrogen) atoms. The quantitative estimate of drug-likeness (QED) is 0.795. The highest BCUT2D eigenvalue weighted by Gasteiger charge is 2.30. The minimum atomic E-state index is -3.75. The number of hydrogen-bond donors (Lipinski definition) is 2. The number of sulfonamides is 1. The molecule has 3 N–H and O–H groups in total. The van der Waals surface area contributed by atoms with Crippen molar-refractivity contribution in [3.05, 3.63) is 24.3 Å². The van der Waals surface area contributed by atoms with Crippen LogP contribution in [0.15, 0.2) is 34.1 Å². The minimum Gasteiger partial charge on any atom is -0.330 e. The van der Waals surface area contributed by atoms with Crippen molar-refractivity contribution in [1.82, 2.24) is 4.72 Å². The number of nitrogens with one attached hydrogen (secondary N) is 1. The first-order valence-corrected chi connectivity index (χ1v) is 10.5. The summed E-state index contributed by atoms with van der Waals surface area (Å²) in [4.78, 5) is 0.00404. The Hall–Kier alpha value is -0.960. The van der Waals surface area contributed by atoms with Gasteiger partial charge in [0.25, 0.3) is 0 Å². The Morgan fingerprint density at radius 2 is 1.86 bits per heavy atom. The van der Waals surface area contributed by atoms with E-state index in [-0.39, 0.29) is 27.5 Å². The maximum Gasteiger partial charge on any atom is 0.240 e. The van der Waals surface area contributed by atoms with Gasteiger partial charge in [0.2, 0.25) is 10.0 Å². The van der Waals surface area contributed by atoms with Gasteiger partial charge in [-0.25, -0.2) is 21.6 Å². The lowest BCUT2D eigenvalue weighted by atomic mass is 10.1. The maximum atomic E-state index is 12.5. The van der Waals surface area contributed by atoms with Gasteiger partial charge in [0.05, 0.1) is 15.5 Å². The Labute approximate surface area is 132 Å². The van der Waals surface area contributed by atoms with Crippen molar-refractivity contribution >= 4 is 19.9 Å². The van der Waals surface area contributed by atoms with Crippen LogP contribution in [0.25, 0.3) is 0 Å². The zero-order valence-corrected chi connectivity index (χ0v) is 14.2. The van der Waals surface area contributed by atoms with Crippen molar-refractivity contribution in [2.45, 2.75) is 42.0 Å². The van der Waals surface area contributed by atoms with Gasteiger partial charge < -0.3 is 5.73 Å². The Morgan fingerprint density at radius 1 is 1.18 bits per heavy atom. The monoisotopic (exact) mass is 346 g/mol. The lowest BCUT2D eigenvalue weighted by molar-refractivity contribution is 0.453. The largest absolute Gasteiger partial charge is 0.330 e. The Kier molecular flexibility index (Phi) is 5.26. The smallest absolute Gasteiger partial charge is 0.240 e. The summed E-state index contributed by atoms with van der Waals surface area (Å²) in [7, 11) is -7.18. The molecule has 2 unspecified atom stereocenters. The molecule has 0 saturated heterocycles. The summed E-state index contributed by atoms with van der Waals surface area (Å²) in [5.74, 6) is 0.0688. The van der Waals surface area contributed by atoms with E-state index in [1.807, 2.05) is 0 Å². The number of hydrogen-bond acceptors (Lipinski definition) is 5. The van der Waals surface area contributed by atoms with E-state index in [9.17, 15) is 16.8 Å². The first-order valence-electron chi connectivity index (χ1n) is 7.35. The van der Waals surface area contributed by atoms with Crippen molar-refractivity contribution in [2.75, 3.05) is 12.3 Å². The van der Waals surface area contributed by atoms with E-state index < -0.39 is 19.9 Å². The highest BCUT2D eigenvalue weighted by atomic mass is 32.2. The SMILES string of the molecule is CCS(=O)(=O)c1cccc(S(=O)(=O)NC2CCCC2CN)c1. The molecule has 2 atom stereocenters. The molecule has 0 heterocycles. The van der Waals surface area contributed by atoms with Crippen LogP contribution in [0.1, 0.15) is 26.2 Å². The number of rotatable bonds is 6. The molecule has 0 aromatic heterocycles. The van der Waals surface area contributed by atoms with Crippen LogP contribution in [0.4, 0.5) is 0 Å². The molecule has 0 aliphatic heterocycles. The fraction of sp³-hybridized carbons (Fsp3) is 0.571. The molecule has 0 radical (unpaired) electrons. The van der Waals surface area contributed by atoms with Crippen LogP contribution in [-0.2, 0) is 19.9 Å². The van der Waals surface area contributed by atoms with Gasteiger partial charge in [0.1, 0.15) is 0 Å². The van der Waals surface area contributed by atoms with E-state index in [4.69, 9.17) is 5.73 Å². The van der Waals surface area contributed by atoms with Crippen LogP contribution in [0.5, 0.6) is 0 Å². The Bertz CT molecular complexity index is 729. The molecule has 6 nitrogen and oxygen atoms in total. The number of benzene rings is 1. The van der Waals surface area contributed by atoms with Gasteiger partial charge >= 0.3 is 0 Å². The van der Waals surface area contributed by atoms with Gasteiger partial charge in [-0.2, -0.15) is 0 Å². The third kappa shape index (κ3) is 3.68.